The van der Waals surface area contributed by atoms with Crippen molar-refractivity contribution in [2.45, 2.75) is 84.7 Å². The summed E-state index contributed by atoms with van der Waals surface area (Å²) in [6.45, 7) is 15.9. The minimum absolute atomic E-state index is 0.494. The number of rotatable bonds is 6. The van der Waals surface area contributed by atoms with Gasteiger partial charge in [0.15, 0.2) is 0 Å². The Labute approximate surface area is 163 Å². The van der Waals surface area contributed by atoms with Crippen molar-refractivity contribution in [1.82, 2.24) is 5.32 Å². The second-order valence-electron chi connectivity index (χ2n) is 9.41. The van der Waals surface area contributed by atoms with Crippen LogP contribution in [0.4, 0.5) is 4.79 Å². The summed E-state index contributed by atoms with van der Waals surface area (Å²) >= 11 is 0. The predicted molar refractivity (Wildman–Crippen MR) is 108 cm³/mol. The lowest BCUT2D eigenvalue weighted by Crippen LogP contribution is -2.53. The van der Waals surface area contributed by atoms with Crippen LogP contribution in [0.25, 0.3) is 0 Å². The van der Waals surface area contributed by atoms with Crippen molar-refractivity contribution in [1.29, 1.82) is 0 Å². The molecule has 0 spiro atoms. The molecule has 0 radical (unpaired) electrons. The molecule has 152 valence electrons. The van der Waals surface area contributed by atoms with E-state index in [4.69, 9.17) is 9.39 Å². The van der Waals surface area contributed by atoms with Gasteiger partial charge in [-0.1, -0.05) is 24.3 Å². The summed E-state index contributed by atoms with van der Waals surface area (Å²) < 4.78 is 11.0. The number of nitrogens with one attached hydrogen (secondary N) is 1. The largest absolute Gasteiger partial charge is 0.491 e. The number of ether oxygens (including phenoxy) is 1. The zero-order valence-corrected chi connectivity index (χ0v) is 18.0. The van der Waals surface area contributed by atoms with E-state index in [2.05, 4.69) is 5.32 Å². The van der Waals surface area contributed by atoms with Gasteiger partial charge in [-0.2, -0.15) is 0 Å². The first-order chi connectivity index (χ1) is 11.9. The lowest BCUT2D eigenvalue weighted by molar-refractivity contribution is -0.0982. The summed E-state index contributed by atoms with van der Waals surface area (Å²) in [5.41, 5.74) is -1.87. The second-order valence-corrected chi connectivity index (χ2v) is 9.41. The molecule has 3 N–H and O–H groups in total. The monoisotopic (exact) mass is 379 g/mol. The highest BCUT2D eigenvalue weighted by molar-refractivity contribution is 6.60. The van der Waals surface area contributed by atoms with E-state index in [0.717, 1.165) is 5.56 Å². The normalized spacial score (nSPS) is 13.3. The molecule has 1 aromatic carbocycles. The average molecular weight is 379 g/mol. The molecule has 1 aromatic rings. The van der Waals surface area contributed by atoms with Crippen molar-refractivity contribution in [3.8, 4) is 0 Å². The molecule has 0 aromatic heterocycles. The smallest absolute Gasteiger partial charge is 0.444 e. The molecule has 0 aliphatic rings. The van der Waals surface area contributed by atoms with E-state index in [0.29, 0.717) is 5.46 Å². The standard InChI is InChI=1S/C20H34BNO5/c1-17(2,3)26-16(23)22-18(4,5)14-10-12-15(13-11-14)21(25)27-20(8,9)19(6,7)24/h10-13,24-25H,1-9H3,(H,22,23). The lowest BCUT2D eigenvalue weighted by Gasteiger charge is -2.38. The molecule has 1 amide bonds. The third-order valence-electron chi connectivity index (χ3n) is 4.61. The van der Waals surface area contributed by atoms with Crippen molar-refractivity contribution in [2.24, 2.45) is 0 Å². The predicted octanol–water partition coefficient (Wildman–Crippen LogP) is 2.70. The molecule has 0 heterocycles. The number of carbonyl (C=O) groups excluding carboxylic acids is 1. The van der Waals surface area contributed by atoms with Gasteiger partial charge >= 0.3 is 13.2 Å². The van der Waals surface area contributed by atoms with Crippen LogP contribution in [0.5, 0.6) is 0 Å². The minimum Gasteiger partial charge on any atom is -0.444 e. The zero-order valence-electron chi connectivity index (χ0n) is 18.0. The number of hydrogen-bond donors (Lipinski definition) is 3. The number of amides is 1. The Morgan fingerprint density at radius 2 is 1.44 bits per heavy atom. The van der Waals surface area contributed by atoms with Crippen molar-refractivity contribution in [3.05, 3.63) is 29.8 Å². The van der Waals surface area contributed by atoms with E-state index in [1.165, 1.54) is 0 Å². The van der Waals surface area contributed by atoms with Crippen LogP contribution in [0.15, 0.2) is 24.3 Å². The molecule has 0 atom stereocenters. The van der Waals surface area contributed by atoms with Crippen LogP contribution in [0.2, 0.25) is 0 Å². The number of alkyl carbamates (subject to hydrolysis) is 1. The van der Waals surface area contributed by atoms with E-state index < -0.39 is 35.6 Å². The quantitative estimate of drug-likeness (QED) is 0.662. The van der Waals surface area contributed by atoms with Crippen molar-refractivity contribution < 1.29 is 24.3 Å². The van der Waals surface area contributed by atoms with Crippen LogP contribution < -0.4 is 10.8 Å². The number of carbonyl (C=O) groups is 1. The zero-order chi connectivity index (χ0) is 21.3. The van der Waals surface area contributed by atoms with Gasteiger partial charge in [-0.3, -0.25) is 0 Å². The maximum absolute atomic E-state index is 12.1. The molecular formula is C20H34BNO5. The van der Waals surface area contributed by atoms with Crippen molar-refractivity contribution in [3.63, 3.8) is 0 Å². The van der Waals surface area contributed by atoms with Gasteiger partial charge in [0.05, 0.1) is 16.7 Å². The van der Waals surface area contributed by atoms with Crippen molar-refractivity contribution in [2.75, 3.05) is 0 Å². The number of hydrogen-bond acceptors (Lipinski definition) is 5. The maximum Gasteiger partial charge on any atom is 0.491 e. The molecule has 7 heteroatoms. The van der Waals surface area contributed by atoms with Crippen LogP contribution in [-0.2, 0) is 14.9 Å². The molecular weight excluding hydrogens is 345 g/mol. The maximum atomic E-state index is 12.1. The van der Waals surface area contributed by atoms with Crippen LogP contribution in [-0.4, -0.2) is 40.1 Å². The number of aliphatic hydroxyl groups is 1. The van der Waals surface area contributed by atoms with E-state index >= 15 is 0 Å². The highest BCUT2D eigenvalue weighted by atomic mass is 16.6. The highest BCUT2D eigenvalue weighted by Gasteiger charge is 2.39. The molecule has 0 fully saturated rings. The Morgan fingerprint density at radius 1 is 0.963 bits per heavy atom. The molecule has 27 heavy (non-hydrogen) atoms. The first kappa shape index (κ1) is 23.5. The van der Waals surface area contributed by atoms with Crippen LogP contribution in [0, 0.1) is 0 Å². The van der Waals surface area contributed by atoms with Crippen LogP contribution >= 0.6 is 0 Å². The molecule has 0 unspecified atom stereocenters. The third-order valence-corrected chi connectivity index (χ3v) is 4.61. The molecule has 6 nitrogen and oxygen atoms in total. The summed E-state index contributed by atoms with van der Waals surface area (Å²) in [7, 11) is -1.18. The van der Waals surface area contributed by atoms with Crippen LogP contribution in [0.1, 0.15) is 67.9 Å². The van der Waals surface area contributed by atoms with Crippen molar-refractivity contribution >= 4 is 18.7 Å². The molecule has 0 saturated heterocycles. The minimum atomic E-state index is -1.18. The molecule has 0 aliphatic carbocycles. The fourth-order valence-electron chi connectivity index (χ4n) is 2.19. The molecule has 0 aliphatic heterocycles. The van der Waals surface area contributed by atoms with Gasteiger partial charge in [0.25, 0.3) is 0 Å². The third kappa shape index (κ3) is 6.83. The van der Waals surface area contributed by atoms with Gasteiger partial charge < -0.3 is 24.8 Å². The average Bonchev–Trinajstić information content (AvgIpc) is 2.42. The van der Waals surface area contributed by atoms with Gasteiger partial charge in [0.1, 0.15) is 5.60 Å². The van der Waals surface area contributed by atoms with Gasteiger partial charge in [0, 0.05) is 0 Å². The SMILES string of the molecule is CC(C)(C)OC(=O)NC(C)(C)c1ccc(B(O)OC(C)(C)C(C)(C)O)cc1. The van der Waals surface area contributed by atoms with Crippen LogP contribution in [0.3, 0.4) is 0 Å². The van der Waals surface area contributed by atoms with Gasteiger partial charge in [-0.05, 0) is 73.3 Å². The summed E-state index contributed by atoms with van der Waals surface area (Å²) in [5.74, 6) is 0. The van der Waals surface area contributed by atoms with E-state index in [-0.39, 0.29) is 0 Å². The molecule has 0 bridgehead atoms. The first-order valence-corrected chi connectivity index (χ1v) is 9.14. The summed E-state index contributed by atoms with van der Waals surface area (Å²) in [4.78, 5) is 12.1. The van der Waals surface area contributed by atoms with Gasteiger partial charge in [-0.15, -0.1) is 0 Å². The molecule has 0 saturated carbocycles. The highest BCUT2D eigenvalue weighted by Crippen LogP contribution is 2.25. The Bertz CT molecular complexity index is 642. The summed E-state index contributed by atoms with van der Waals surface area (Å²) in [5, 5.41) is 23.4. The first-order valence-electron chi connectivity index (χ1n) is 9.14. The second kappa shape index (κ2) is 7.82. The van der Waals surface area contributed by atoms with Gasteiger partial charge in [-0.25, -0.2) is 4.79 Å². The Morgan fingerprint density at radius 3 is 1.85 bits per heavy atom. The summed E-state index contributed by atoms with van der Waals surface area (Å²) in [6, 6.07) is 7.10. The topological polar surface area (TPSA) is 88.0 Å². The Hall–Kier alpha value is -1.57. The molecule has 1 rings (SSSR count). The van der Waals surface area contributed by atoms with E-state index in [1.54, 1.807) is 39.8 Å². The number of benzene rings is 1. The fourth-order valence-corrected chi connectivity index (χ4v) is 2.19. The van der Waals surface area contributed by atoms with E-state index in [9.17, 15) is 14.9 Å². The Kier molecular flexibility index (Phi) is 6.80. The van der Waals surface area contributed by atoms with E-state index in [1.807, 2.05) is 46.8 Å². The lowest BCUT2D eigenvalue weighted by atomic mass is 9.75. The Balaban J connectivity index is 2.87. The van der Waals surface area contributed by atoms with Gasteiger partial charge in [0.2, 0.25) is 0 Å². The summed E-state index contributed by atoms with van der Waals surface area (Å²) in [6.07, 6.45) is -0.494. The fraction of sp³-hybridized carbons (Fsp3) is 0.650.